The Hall–Kier alpha value is -2.52. The van der Waals surface area contributed by atoms with E-state index in [0.29, 0.717) is 5.82 Å². The first kappa shape index (κ1) is 15.4. The molecule has 0 bridgehead atoms. The second-order valence-corrected chi connectivity index (χ2v) is 5.89. The Labute approximate surface area is 144 Å². The molecule has 0 atom stereocenters. The summed E-state index contributed by atoms with van der Waals surface area (Å²) >= 11 is 3.46. The monoisotopic (exact) mass is 362 g/mol. The second kappa shape index (κ2) is 6.71. The highest BCUT2D eigenvalue weighted by Gasteiger charge is 2.13. The Morgan fingerprint density at radius 2 is 1.48 bits per heavy atom. The van der Waals surface area contributed by atoms with Crippen molar-refractivity contribution in [3.8, 4) is 22.6 Å². The zero-order valence-corrected chi connectivity index (χ0v) is 14.1. The van der Waals surface area contributed by atoms with Crippen LogP contribution in [0.15, 0.2) is 72.2 Å². The Kier molecular flexibility index (Phi) is 4.49. The molecule has 3 rings (SSSR count). The summed E-state index contributed by atoms with van der Waals surface area (Å²) in [4.78, 5) is 9.40. The SMILES string of the molecule is C=Cc1nc(-c2ccccc2)nc(-c2ccc(Br)cc2)c1C=C. The molecular formula is C20H15BrN2. The van der Waals surface area contributed by atoms with Gasteiger partial charge in [0.2, 0.25) is 0 Å². The van der Waals surface area contributed by atoms with E-state index in [4.69, 9.17) is 4.98 Å². The Balaban J connectivity index is 2.26. The predicted molar refractivity (Wildman–Crippen MR) is 101 cm³/mol. The van der Waals surface area contributed by atoms with Crippen molar-refractivity contribution < 1.29 is 0 Å². The van der Waals surface area contributed by atoms with E-state index in [2.05, 4.69) is 34.1 Å². The van der Waals surface area contributed by atoms with Crippen LogP contribution in [0.3, 0.4) is 0 Å². The van der Waals surface area contributed by atoms with Gasteiger partial charge in [0.25, 0.3) is 0 Å². The van der Waals surface area contributed by atoms with Gasteiger partial charge >= 0.3 is 0 Å². The van der Waals surface area contributed by atoms with Crippen molar-refractivity contribution in [2.24, 2.45) is 0 Å². The molecule has 0 spiro atoms. The molecule has 1 aromatic heterocycles. The van der Waals surface area contributed by atoms with Crippen LogP contribution in [0.2, 0.25) is 0 Å². The molecule has 0 radical (unpaired) electrons. The fourth-order valence-corrected chi connectivity index (χ4v) is 2.65. The fraction of sp³-hybridized carbons (Fsp3) is 0. The first-order chi connectivity index (χ1) is 11.2. The van der Waals surface area contributed by atoms with Crippen LogP contribution in [0.1, 0.15) is 11.3 Å². The first-order valence-corrected chi connectivity index (χ1v) is 8.00. The molecule has 2 nitrogen and oxygen atoms in total. The molecule has 0 N–H and O–H groups in total. The zero-order chi connectivity index (χ0) is 16.2. The van der Waals surface area contributed by atoms with Crippen LogP contribution >= 0.6 is 15.9 Å². The van der Waals surface area contributed by atoms with Crippen LogP contribution in [-0.4, -0.2) is 9.97 Å². The van der Waals surface area contributed by atoms with Gasteiger partial charge in [0.15, 0.2) is 5.82 Å². The summed E-state index contributed by atoms with van der Waals surface area (Å²) in [7, 11) is 0. The number of nitrogens with zero attached hydrogens (tertiary/aromatic N) is 2. The van der Waals surface area contributed by atoms with Gasteiger partial charge in [0.1, 0.15) is 0 Å². The molecule has 1 heterocycles. The van der Waals surface area contributed by atoms with Crippen molar-refractivity contribution in [1.29, 1.82) is 0 Å². The van der Waals surface area contributed by atoms with Gasteiger partial charge in [-0.3, -0.25) is 0 Å². The maximum absolute atomic E-state index is 4.78. The molecule has 23 heavy (non-hydrogen) atoms. The van der Waals surface area contributed by atoms with Gasteiger partial charge in [-0.25, -0.2) is 9.97 Å². The molecule has 0 unspecified atom stereocenters. The molecule has 0 aliphatic carbocycles. The van der Waals surface area contributed by atoms with Crippen LogP contribution in [0.25, 0.3) is 34.8 Å². The van der Waals surface area contributed by atoms with Gasteiger partial charge in [0, 0.05) is 21.2 Å². The summed E-state index contributed by atoms with van der Waals surface area (Å²) in [5, 5.41) is 0. The van der Waals surface area contributed by atoms with E-state index in [-0.39, 0.29) is 0 Å². The third kappa shape index (κ3) is 3.15. The van der Waals surface area contributed by atoms with Crippen LogP contribution in [-0.2, 0) is 0 Å². The average molecular weight is 363 g/mol. The molecule has 2 aromatic carbocycles. The van der Waals surface area contributed by atoms with E-state index in [1.165, 1.54) is 0 Å². The molecule has 0 saturated carbocycles. The van der Waals surface area contributed by atoms with Crippen LogP contribution in [0.5, 0.6) is 0 Å². The molecule has 0 aliphatic heterocycles. The molecular weight excluding hydrogens is 348 g/mol. The average Bonchev–Trinajstić information content (AvgIpc) is 2.62. The standard InChI is InChI=1S/C20H15BrN2/c1-3-17-18(4-2)22-20(15-8-6-5-7-9-15)23-19(17)14-10-12-16(21)13-11-14/h3-13H,1-2H2. The number of rotatable bonds is 4. The van der Waals surface area contributed by atoms with E-state index < -0.39 is 0 Å². The molecule has 3 heteroatoms. The van der Waals surface area contributed by atoms with E-state index in [0.717, 1.165) is 32.6 Å². The number of halogens is 1. The predicted octanol–water partition coefficient (Wildman–Crippen LogP) is 5.86. The third-order valence-electron chi connectivity index (χ3n) is 3.52. The van der Waals surface area contributed by atoms with Gasteiger partial charge in [-0.05, 0) is 18.2 Å². The topological polar surface area (TPSA) is 25.8 Å². The highest BCUT2D eigenvalue weighted by atomic mass is 79.9. The third-order valence-corrected chi connectivity index (χ3v) is 4.05. The summed E-state index contributed by atoms with van der Waals surface area (Å²) in [5.74, 6) is 0.684. The zero-order valence-electron chi connectivity index (χ0n) is 12.5. The van der Waals surface area contributed by atoms with Gasteiger partial charge in [-0.15, -0.1) is 0 Å². The minimum absolute atomic E-state index is 0.684. The molecule has 0 aliphatic rings. The van der Waals surface area contributed by atoms with E-state index in [1.54, 1.807) is 12.2 Å². The number of hydrogen-bond donors (Lipinski definition) is 0. The minimum atomic E-state index is 0.684. The number of aromatic nitrogens is 2. The summed E-state index contributed by atoms with van der Waals surface area (Å²) < 4.78 is 1.03. The Bertz CT molecular complexity index is 853. The van der Waals surface area contributed by atoms with Crippen molar-refractivity contribution >= 4 is 28.1 Å². The van der Waals surface area contributed by atoms with Gasteiger partial charge < -0.3 is 0 Å². The summed E-state index contributed by atoms with van der Waals surface area (Å²) in [6.45, 7) is 7.79. The minimum Gasteiger partial charge on any atom is -0.228 e. The summed E-state index contributed by atoms with van der Waals surface area (Å²) in [6, 6.07) is 18.0. The first-order valence-electron chi connectivity index (χ1n) is 7.21. The normalized spacial score (nSPS) is 10.3. The lowest BCUT2D eigenvalue weighted by atomic mass is 10.0. The largest absolute Gasteiger partial charge is 0.228 e. The molecule has 112 valence electrons. The van der Waals surface area contributed by atoms with Crippen molar-refractivity contribution in [1.82, 2.24) is 9.97 Å². The van der Waals surface area contributed by atoms with Crippen LogP contribution in [0.4, 0.5) is 0 Å². The highest BCUT2D eigenvalue weighted by molar-refractivity contribution is 9.10. The molecule has 0 amide bonds. The van der Waals surface area contributed by atoms with Crippen LogP contribution in [0, 0.1) is 0 Å². The lowest BCUT2D eigenvalue weighted by Gasteiger charge is -2.11. The van der Waals surface area contributed by atoms with E-state index in [9.17, 15) is 0 Å². The van der Waals surface area contributed by atoms with Gasteiger partial charge in [0.05, 0.1) is 11.4 Å². The van der Waals surface area contributed by atoms with Crippen molar-refractivity contribution in [2.45, 2.75) is 0 Å². The van der Waals surface area contributed by atoms with Gasteiger partial charge in [-0.1, -0.05) is 77.6 Å². The lowest BCUT2D eigenvalue weighted by Crippen LogP contribution is -1.99. The number of hydrogen-bond acceptors (Lipinski definition) is 2. The van der Waals surface area contributed by atoms with Crippen molar-refractivity contribution in [3.05, 3.63) is 83.5 Å². The summed E-state index contributed by atoms with van der Waals surface area (Å²) in [6.07, 6.45) is 3.52. The molecule has 0 saturated heterocycles. The maximum atomic E-state index is 4.78. The van der Waals surface area contributed by atoms with Gasteiger partial charge in [-0.2, -0.15) is 0 Å². The lowest BCUT2D eigenvalue weighted by molar-refractivity contribution is 1.15. The van der Waals surface area contributed by atoms with E-state index in [1.807, 2.05) is 54.6 Å². The Morgan fingerprint density at radius 1 is 0.783 bits per heavy atom. The molecule has 0 fully saturated rings. The van der Waals surface area contributed by atoms with Crippen molar-refractivity contribution in [3.63, 3.8) is 0 Å². The second-order valence-electron chi connectivity index (χ2n) is 4.98. The Morgan fingerprint density at radius 3 is 2.09 bits per heavy atom. The number of benzene rings is 2. The van der Waals surface area contributed by atoms with Crippen molar-refractivity contribution in [2.75, 3.05) is 0 Å². The fourth-order valence-electron chi connectivity index (χ4n) is 2.39. The quantitative estimate of drug-likeness (QED) is 0.580. The summed E-state index contributed by atoms with van der Waals surface area (Å²) in [5.41, 5.74) is 4.53. The molecule has 3 aromatic rings. The highest BCUT2D eigenvalue weighted by Crippen LogP contribution is 2.29. The maximum Gasteiger partial charge on any atom is 0.160 e. The van der Waals surface area contributed by atoms with E-state index >= 15 is 0 Å². The smallest absolute Gasteiger partial charge is 0.160 e. The van der Waals surface area contributed by atoms with Crippen LogP contribution < -0.4 is 0 Å².